The fourth-order valence-electron chi connectivity index (χ4n) is 2.52. The maximum atomic E-state index is 11.6. The Kier molecular flexibility index (Phi) is 4.58. The Morgan fingerprint density at radius 1 is 1.42 bits per heavy atom. The molecule has 5 heteroatoms. The zero-order valence-corrected chi connectivity index (χ0v) is 12.1. The summed E-state index contributed by atoms with van der Waals surface area (Å²) in [6.45, 7) is 7.13. The van der Waals surface area contributed by atoms with Crippen molar-refractivity contribution >= 4 is 5.82 Å². The first-order valence-electron chi connectivity index (χ1n) is 7.12. The van der Waals surface area contributed by atoms with Crippen molar-refractivity contribution in [3.63, 3.8) is 0 Å². The van der Waals surface area contributed by atoms with E-state index in [9.17, 15) is 4.79 Å². The summed E-state index contributed by atoms with van der Waals surface area (Å²) in [5.74, 6) is 1.56. The zero-order valence-electron chi connectivity index (χ0n) is 12.1. The van der Waals surface area contributed by atoms with Gasteiger partial charge in [0.1, 0.15) is 5.82 Å². The topological polar surface area (TPSA) is 61.0 Å². The molecule has 5 nitrogen and oxygen atoms in total. The summed E-state index contributed by atoms with van der Waals surface area (Å²) in [5.41, 5.74) is 1.97. The summed E-state index contributed by atoms with van der Waals surface area (Å²) in [6, 6.07) is 0. The monoisotopic (exact) mass is 264 g/mol. The summed E-state index contributed by atoms with van der Waals surface area (Å²) in [4.78, 5) is 20.8. The van der Waals surface area contributed by atoms with E-state index in [1.54, 1.807) is 0 Å². The van der Waals surface area contributed by atoms with Crippen molar-refractivity contribution in [2.45, 2.75) is 39.7 Å². The van der Waals surface area contributed by atoms with Crippen molar-refractivity contribution in [2.24, 2.45) is 5.92 Å². The molecule has 0 aromatic carbocycles. The molecule has 2 N–H and O–H groups in total. The summed E-state index contributed by atoms with van der Waals surface area (Å²) >= 11 is 0. The van der Waals surface area contributed by atoms with E-state index in [2.05, 4.69) is 34.0 Å². The van der Waals surface area contributed by atoms with Gasteiger partial charge in [-0.05, 0) is 18.8 Å². The van der Waals surface area contributed by atoms with Crippen LogP contribution >= 0.6 is 0 Å². The predicted octanol–water partition coefficient (Wildman–Crippen LogP) is 1.29. The molecule has 0 unspecified atom stereocenters. The van der Waals surface area contributed by atoms with Crippen LogP contribution in [0.15, 0.2) is 4.79 Å². The Balaban J connectivity index is 2.14. The molecular weight excluding hydrogens is 240 g/mol. The Morgan fingerprint density at radius 2 is 2.21 bits per heavy atom. The van der Waals surface area contributed by atoms with Crippen LogP contribution in [0.5, 0.6) is 0 Å². The number of nitrogens with zero attached hydrogens (tertiary/aromatic N) is 2. The molecule has 2 heterocycles. The molecule has 0 bridgehead atoms. The Bertz CT molecular complexity index is 481. The summed E-state index contributed by atoms with van der Waals surface area (Å²) in [7, 11) is 2.02. The maximum absolute atomic E-state index is 11.6. The van der Waals surface area contributed by atoms with Crippen LogP contribution in [0.1, 0.15) is 37.9 Å². The van der Waals surface area contributed by atoms with Gasteiger partial charge >= 0.3 is 5.69 Å². The molecule has 1 aliphatic rings. The van der Waals surface area contributed by atoms with Gasteiger partial charge in [-0.25, -0.2) is 4.79 Å². The van der Waals surface area contributed by atoms with Gasteiger partial charge in [0.15, 0.2) is 0 Å². The second-order valence-corrected chi connectivity index (χ2v) is 5.71. The minimum Gasteiger partial charge on any atom is -0.359 e. The van der Waals surface area contributed by atoms with E-state index in [-0.39, 0.29) is 5.69 Å². The quantitative estimate of drug-likeness (QED) is 0.841. The molecule has 1 aromatic rings. The van der Waals surface area contributed by atoms with Crippen molar-refractivity contribution in [2.75, 3.05) is 25.0 Å². The molecular formula is C14H24N4O. The lowest BCUT2D eigenvalue weighted by atomic mass is 10.1. The lowest BCUT2D eigenvalue weighted by Crippen LogP contribution is -2.33. The minimum absolute atomic E-state index is 0.230. The number of hydrogen-bond donors (Lipinski definition) is 2. The Hall–Kier alpha value is -1.36. The molecule has 106 valence electrons. The summed E-state index contributed by atoms with van der Waals surface area (Å²) in [6.07, 6.45) is 3.21. The van der Waals surface area contributed by atoms with Crippen LogP contribution in [-0.4, -0.2) is 30.1 Å². The third-order valence-corrected chi connectivity index (χ3v) is 3.59. The second-order valence-electron chi connectivity index (χ2n) is 5.71. The average Bonchev–Trinajstić information content (AvgIpc) is 2.37. The molecule has 0 atom stereocenters. The fraction of sp³-hybridized carbons (Fsp3) is 0.714. The van der Waals surface area contributed by atoms with Gasteiger partial charge in [0.05, 0.1) is 0 Å². The number of nitrogens with one attached hydrogen (secondary N) is 2. The van der Waals surface area contributed by atoms with Gasteiger partial charge in [-0.15, -0.1) is 0 Å². The normalized spacial score (nSPS) is 14.5. The molecule has 0 saturated carbocycles. The lowest BCUT2D eigenvalue weighted by Gasteiger charge is -2.25. The Labute approximate surface area is 114 Å². The van der Waals surface area contributed by atoms with Crippen molar-refractivity contribution in [1.82, 2.24) is 15.3 Å². The number of anilines is 1. The highest BCUT2D eigenvalue weighted by Gasteiger charge is 2.18. The van der Waals surface area contributed by atoms with Crippen molar-refractivity contribution in [3.05, 3.63) is 21.7 Å². The third kappa shape index (κ3) is 3.56. The Morgan fingerprint density at radius 3 is 2.95 bits per heavy atom. The molecule has 2 rings (SSSR count). The van der Waals surface area contributed by atoms with E-state index in [4.69, 9.17) is 0 Å². The SMILES string of the molecule is CC(C)CCCN(C)c1nc(=O)[nH]c2c1CNCC2. The first-order valence-corrected chi connectivity index (χ1v) is 7.12. The molecule has 0 spiro atoms. The highest BCUT2D eigenvalue weighted by molar-refractivity contribution is 5.48. The standard InChI is InChI=1S/C14H24N4O/c1-10(2)5-4-8-18(3)13-11-9-15-7-6-12(11)16-14(19)17-13/h10,15H,4-9H2,1-3H3,(H,16,17,19). The van der Waals surface area contributed by atoms with Crippen molar-refractivity contribution < 1.29 is 0 Å². The van der Waals surface area contributed by atoms with Crippen LogP contribution in [0.4, 0.5) is 5.82 Å². The zero-order chi connectivity index (χ0) is 13.8. The first-order chi connectivity index (χ1) is 9.08. The molecule has 0 radical (unpaired) electrons. The van der Waals surface area contributed by atoms with E-state index >= 15 is 0 Å². The molecule has 1 aliphatic heterocycles. The van der Waals surface area contributed by atoms with Gasteiger partial charge in [0, 0.05) is 44.4 Å². The van der Waals surface area contributed by atoms with Gasteiger partial charge in [-0.3, -0.25) is 0 Å². The molecule has 0 saturated heterocycles. The van der Waals surface area contributed by atoms with E-state index < -0.39 is 0 Å². The van der Waals surface area contributed by atoms with Gasteiger partial charge < -0.3 is 15.2 Å². The van der Waals surface area contributed by atoms with Crippen LogP contribution in [0.25, 0.3) is 0 Å². The van der Waals surface area contributed by atoms with Gasteiger partial charge in [0.25, 0.3) is 0 Å². The van der Waals surface area contributed by atoms with Gasteiger partial charge in [-0.1, -0.05) is 13.8 Å². The van der Waals surface area contributed by atoms with Crippen LogP contribution in [0.3, 0.4) is 0 Å². The van der Waals surface area contributed by atoms with Crippen LogP contribution in [-0.2, 0) is 13.0 Å². The molecule has 0 amide bonds. The van der Waals surface area contributed by atoms with Crippen molar-refractivity contribution in [1.29, 1.82) is 0 Å². The van der Waals surface area contributed by atoms with Crippen LogP contribution in [0.2, 0.25) is 0 Å². The van der Waals surface area contributed by atoms with Gasteiger partial charge in [-0.2, -0.15) is 4.98 Å². The maximum Gasteiger partial charge on any atom is 0.347 e. The highest BCUT2D eigenvalue weighted by atomic mass is 16.1. The van der Waals surface area contributed by atoms with Gasteiger partial charge in [0.2, 0.25) is 0 Å². The number of rotatable bonds is 5. The van der Waals surface area contributed by atoms with E-state index in [1.807, 2.05) is 7.05 Å². The second kappa shape index (κ2) is 6.19. The smallest absolute Gasteiger partial charge is 0.347 e. The lowest BCUT2D eigenvalue weighted by molar-refractivity contribution is 0.552. The van der Waals surface area contributed by atoms with E-state index in [1.165, 1.54) is 6.42 Å². The van der Waals surface area contributed by atoms with Crippen LogP contribution < -0.4 is 15.9 Å². The average molecular weight is 264 g/mol. The van der Waals surface area contributed by atoms with Crippen molar-refractivity contribution in [3.8, 4) is 0 Å². The number of fused-ring (bicyclic) bond motifs is 1. The number of hydrogen-bond acceptors (Lipinski definition) is 4. The highest BCUT2D eigenvalue weighted by Crippen LogP contribution is 2.20. The van der Waals surface area contributed by atoms with E-state index in [0.29, 0.717) is 0 Å². The fourth-order valence-corrected chi connectivity index (χ4v) is 2.52. The molecule has 19 heavy (non-hydrogen) atoms. The van der Waals surface area contributed by atoms with E-state index in [0.717, 1.165) is 55.5 Å². The first kappa shape index (κ1) is 14.1. The largest absolute Gasteiger partial charge is 0.359 e. The minimum atomic E-state index is -0.230. The number of aromatic amines is 1. The number of aromatic nitrogens is 2. The number of H-pyrrole nitrogens is 1. The molecule has 0 aliphatic carbocycles. The summed E-state index contributed by atoms with van der Waals surface area (Å²) < 4.78 is 0. The third-order valence-electron chi connectivity index (χ3n) is 3.59. The molecule has 1 aromatic heterocycles. The molecule has 0 fully saturated rings. The van der Waals surface area contributed by atoms with Crippen LogP contribution in [0, 0.1) is 5.92 Å². The predicted molar refractivity (Wildman–Crippen MR) is 77.6 cm³/mol. The summed E-state index contributed by atoms with van der Waals surface area (Å²) in [5, 5.41) is 3.34.